The monoisotopic (exact) mass is 326 g/mol. The van der Waals surface area contributed by atoms with Crippen LogP contribution in [0.3, 0.4) is 0 Å². The molecule has 1 aliphatic heterocycles. The maximum atomic E-state index is 5.34. The number of thiocarbonyl (C=S) groups is 1. The standard InChI is InChI=1S/C15H26N4S2/c1-3-6-16-15(20)17-12-13(14-5-4-11-21-14)19-9-7-18(2)8-10-19/h4-5,11,13H,3,6-10,12H2,1-2H3,(H2,16,17,20). The van der Waals surface area contributed by atoms with Gasteiger partial charge in [-0.15, -0.1) is 11.3 Å². The molecule has 0 aliphatic carbocycles. The second kappa shape index (κ2) is 8.68. The van der Waals surface area contributed by atoms with Gasteiger partial charge >= 0.3 is 0 Å². The highest BCUT2D eigenvalue weighted by atomic mass is 32.1. The zero-order valence-corrected chi connectivity index (χ0v) is 14.6. The number of hydrogen-bond donors (Lipinski definition) is 2. The summed E-state index contributed by atoms with van der Waals surface area (Å²) in [7, 11) is 2.19. The molecule has 0 radical (unpaired) electrons. The maximum absolute atomic E-state index is 5.34. The van der Waals surface area contributed by atoms with Crippen molar-refractivity contribution >= 4 is 28.7 Å². The van der Waals surface area contributed by atoms with E-state index in [0.29, 0.717) is 6.04 Å². The molecular weight excluding hydrogens is 300 g/mol. The van der Waals surface area contributed by atoms with E-state index in [2.05, 4.69) is 51.9 Å². The van der Waals surface area contributed by atoms with E-state index in [0.717, 1.165) is 50.8 Å². The Morgan fingerprint density at radius 2 is 2.10 bits per heavy atom. The van der Waals surface area contributed by atoms with Gasteiger partial charge in [-0.3, -0.25) is 4.90 Å². The molecule has 2 N–H and O–H groups in total. The third kappa shape index (κ3) is 5.21. The molecule has 2 rings (SSSR count). The highest BCUT2D eigenvalue weighted by Crippen LogP contribution is 2.25. The normalized spacial score (nSPS) is 18.4. The Balaban J connectivity index is 1.92. The summed E-state index contributed by atoms with van der Waals surface area (Å²) in [6, 6.07) is 4.79. The van der Waals surface area contributed by atoms with E-state index in [1.165, 1.54) is 4.88 Å². The van der Waals surface area contributed by atoms with Crippen LogP contribution in [0.1, 0.15) is 24.3 Å². The van der Waals surface area contributed by atoms with Gasteiger partial charge in [0.05, 0.1) is 6.04 Å². The van der Waals surface area contributed by atoms with Crippen LogP contribution in [0.15, 0.2) is 17.5 Å². The van der Waals surface area contributed by atoms with E-state index in [9.17, 15) is 0 Å². The number of nitrogens with zero attached hydrogens (tertiary/aromatic N) is 2. The lowest BCUT2D eigenvalue weighted by molar-refractivity contribution is 0.114. The van der Waals surface area contributed by atoms with Crippen LogP contribution in [0.5, 0.6) is 0 Å². The van der Waals surface area contributed by atoms with Crippen molar-refractivity contribution in [2.45, 2.75) is 19.4 Å². The van der Waals surface area contributed by atoms with Crippen molar-refractivity contribution in [1.29, 1.82) is 0 Å². The van der Waals surface area contributed by atoms with Crippen LogP contribution < -0.4 is 10.6 Å². The molecule has 0 aromatic carbocycles. The first kappa shape index (κ1) is 16.7. The van der Waals surface area contributed by atoms with Gasteiger partial charge in [-0.25, -0.2) is 0 Å². The van der Waals surface area contributed by atoms with Crippen LogP contribution in [0.25, 0.3) is 0 Å². The van der Waals surface area contributed by atoms with Crippen molar-refractivity contribution in [2.75, 3.05) is 46.3 Å². The molecule has 1 aromatic heterocycles. The predicted octanol–water partition coefficient (Wildman–Crippen LogP) is 1.91. The van der Waals surface area contributed by atoms with Gasteiger partial charge < -0.3 is 15.5 Å². The third-order valence-corrected chi connectivity index (χ3v) is 5.10. The molecule has 1 saturated heterocycles. The van der Waals surface area contributed by atoms with Crippen LogP contribution in [0.4, 0.5) is 0 Å². The van der Waals surface area contributed by atoms with Gasteiger partial charge in [0, 0.05) is 44.1 Å². The fourth-order valence-corrected chi connectivity index (χ4v) is 3.56. The average Bonchev–Trinajstić information content (AvgIpc) is 3.01. The van der Waals surface area contributed by atoms with Gasteiger partial charge in [-0.2, -0.15) is 0 Å². The van der Waals surface area contributed by atoms with E-state index >= 15 is 0 Å². The van der Waals surface area contributed by atoms with Crippen LogP contribution in [0.2, 0.25) is 0 Å². The Morgan fingerprint density at radius 3 is 2.71 bits per heavy atom. The summed E-state index contributed by atoms with van der Waals surface area (Å²) in [6.45, 7) is 8.48. The van der Waals surface area contributed by atoms with Crippen molar-refractivity contribution in [1.82, 2.24) is 20.4 Å². The smallest absolute Gasteiger partial charge is 0.166 e. The maximum Gasteiger partial charge on any atom is 0.166 e. The van der Waals surface area contributed by atoms with Crippen LogP contribution in [0, 0.1) is 0 Å². The number of hydrogen-bond acceptors (Lipinski definition) is 4. The molecule has 1 unspecified atom stereocenters. The van der Waals surface area contributed by atoms with Crippen molar-refractivity contribution in [2.24, 2.45) is 0 Å². The second-order valence-electron chi connectivity index (χ2n) is 5.51. The number of likely N-dealkylation sites (N-methyl/N-ethyl adjacent to an activating group) is 1. The van der Waals surface area contributed by atoms with Crippen molar-refractivity contribution in [3.8, 4) is 0 Å². The minimum atomic E-state index is 0.417. The summed E-state index contributed by atoms with van der Waals surface area (Å²) in [6.07, 6.45) is 1.09. The Kier molecular flexibility index (Phi) is 6.89. The first-order valence-electron chi connectivity index (χ1n) is 7.68. The molecule has 1 aliphatic rings. The summed E-state index contributed by atoms with van der Waals surface area (Å²) in [5, 5.41) is 9.56. The van der Waals surface area contributed by atoms with Crippen LogP contribution >= 0.6 is 23.6 Å². The van der Waals surface area contributed by atoms with E-state index in [4.69, 9.17) is 12.2 Å². The van der Waals surface area contributed by atoms with Gasteiger partial charge in [0.15, 0.2) is 5.11 Å². The van der Waals surface area contributed by atoms with Crippen molar-refractivity contribution in [3.05, 3.63) is 22.4 Å². The van der Waals surface area contributed by atoms with Crippen molar-refractivity contribution in [3.63, 3.8) is 0 Å². The average molecular weight is 327 g/mol. The first-order chi connectivity index (χ1) is 10.2. The Labute approximate surface area is 137 Å². The zero-order valence-electron chi connectivity index (χ0n) is 13.0. The summed E-state index contributed by atoms with van der Waals surface area (Å²) in [4.78, 5) is 6.38. The molecule has 0 bridgehead atoms. The lowest BCUT2D eigenvalue weighted by atomic mass is 10.1. The molecular formula is C15H26N4S2. The minimum absolute atomic E-state index is 0.417. The summed E-state index contributed by atoms with van der Waals surface area (Å²) in [5.74, 6) is 0. The molecule has 21 heavy (non-hydrogen) atoms. The lowest BCUT2D eigenvalue weighted by Crippen LogP contribution is -2.49. The SMILES string of the molecule is CCCNC(=S)NCC(c1cccs1)N1CCN(C)CC1. The van der Waals surface area contributed by atoms with Crippen LogP contribution in [-0.2, 0) is 0 Å². The second-order valence-corrected chi connectivity index (χ2v) is 6.89. The van der Waals surface area contributed by atoms with E-state index in [-0.39, 0.29) is 0 Å². The number of rotatable bonds is 6. The van der Waals surface area contributed by atoms with Gasteiger partial charge in [-0.05, 0) is 37.1 Å². The number of nitrogens with one attached hydrogen (secondary N) is 2. The Bertz CT molecular complexity index is 413. The van der Waals surface area contributed by atoms with E-state index in [1.54, 1.807) is 0 Å². The predicted molar refractivity (Wildman–Crippen MR) is 95.0 cm³/mol. The summed E-state index contributed by atoms with van der Waals surface area (Å²) in [5.41, 5.74) is 0. The van der Waals surface area contributed by atoms with Gasteiger partial charge in [-0.1, -0.05) is 13.0 Å². The minimum Gasteiger partial charge on any atom is -0.363 e. The molecule has 2 heterocycles. The molecule has 4 nitrogen and oxygen atoms in total. The summed E-state index contributed by atoms with van der Waals surface area (Å²) >= 11 is 7.18. The number of thiophene rings is 1. The highest BCUT2D eigenvalue weighted by molar-refractivity contribution is 7.80. The topological polar surface area (TPSA) is 30.5 Å². The molecule has 0 saturated carbocycles. The molecule has 118 valence electrons. The molecule has 6 heteroatoms. The van der Waals surface area contributed by atoms with Gasteiger partial charge in [0.2, 0.25) is 0 Å². The fourth-order valence-electron chi connectivity index (χ4n) is 2.51. The molecule has 0 amide bonds. The van der Waals surface area contributed by atoms with E-state index in [1.807, 2.05) is 11.3 Å². The lowest BCUT2D eigenvalue weighted by Gasteiger charge is -2.37. The molecule has 1 fully saturated rings. The van der Waals surface area contributed by atoms with Gasteiger partial charge in [0.25, 0.3) is 0 Å². The van der Waals surface area contributed by atoms with Gasteiger partial charge in [0.1, 0.15) is 0 Å². The molecule has 1 atom stereocenters. The Morgan fingerprint density at radius 1 is 1.33 bits per heavy atom. The third-order valence-electron chi connectivity index (χ3n) is 3.84. The zero-order chi connectivity index (χ0) is 15.1. The summed E-state index contributed by atoms with van der Waals surface area (Å²) < 4.78 is 0. The number of piperazine rings is 1. The highest BCUT2D eigenvalue weighted by Gasteiger charge is 2.24. The van der Waals surface area contributed by atoms with E-state index < -0.39 is 0 Å². The Hall–Kier alpha value is -0.690. The molecule has 0 spiro atoms. The molecule has 1 aromatic rings. The first-order valence-corrected chi connectivity index (χ1v) is 8.97. The van der Waals surface area contributed by atoms with Crippen molar-refractivity contribution < 1.29 is 0 Å². The fraction of sp³-hybridized carbons (Fsp3) is 0.667. The quantitative estimate of drug-likeness (QED) is 0.780. The largest absolute Gasteiger partial charge is 0.363 e. The van der Waals surface area contributed by atoms with Crippen LogP contribution in [-0.4, -0.2) is 61.2 Å².